The molecular formula is C25H30FN3O4S. The second-order valence-corrected chi connectivity index (χ2v) is 8.74. The van der Waals surface area contributed by atoms with E-state index in [1.807, 2.05) is 12.1 Å². The first-order chi connectivity index (χ1) is 16.5. The molecule has 182 valence electrons. The zero-order chi connectivity index (χ0) is 23.9. The zero-order valence-corrected chi connectivity index (χ0v) is 20.1. The molecule has 2 N–H and O–H groups in total. The lowest BCUT2D eigenvalue weighted by molar-refractivity contribution is -0.161. The minimum Gasteiger partial charge on any atom is -0.494 e. The van der Waals surface area contributed by atoms with Crippen LogP contribution in [0.3, 0.4) is 0 Å². The second-order valence-electron chi connectivity index (χ2n) is 8.33. The summed E-state index contributed by atoms with van der Waals surface area (Å²) in [4.78, 5) is 14.7. The van der Waals surface area contributed by atoms with Crippen molar-refractivity contribution in [3.05, 3.63) is 47.8 Å². The number of fused-ring (bicyclic) bond motifs is 1. The molecule has 0 aliphatic carbocycles. The molecule has 0 aromatic heterocycles. The van der Waals surface area contributed by atoms with Gasteiger partial charge in [-0.25, -0.2) is 4.39 Å². The van der Waals surface area contributed by atoms with Gasteiger partial charge >= 0.3 is 0 Å². The van der Waals surface area contributed by atoms with Crippen molar-refractivity contribution < 1.29 is 23.4 Å². The van der Waals surface area contributed by atoms with E-state index in [1.165, 1.54) is 12.1 Å². The number of anilines is 3. The number of nitrogens with zero attached hydrogens (tertiary/aromatic N) is 1. The molecule has 1 unspecified atom stereocenters. The summed E-state index contributed by atoms with van der Waals surface area (Å²) in [6.45, 7) is 1.58. The van der Waals surface area contributed by atoms with E-state index < -0.39 is 0 Å². The standard InChI is InChI=1S/C25H30FN3O4S/c1-31-22-16-21-17(15-20(22)28-25(34)27-19-10-8-18(26)9-11-19)5-4-6-23(30)29(21)12-14-33-24-7-2-3-13-32-24/h8-11,15-16,24H,2-7,12-14H2,1H3,(H2,27,28,34). The van der Waals surface area contributed by atoms with Gasteiger partial charge in [-0.15, -0.1) is 0 Å². The van der Waals surface area contributed by atoms with Crippen molar-refractivity contribution in [2.24, 2.45) is 0 Å². The Kier molecular flexibility index (Phi) is 8.31. The van der Waals surface area contributed by atoms with Crippen LogP contribution in [0.4, 0.5) is 21.5 Å². The molecule has 2 aromatic carbocycles. The molecule has 1 fully saturated rings. The van der Waals surface area contributed by atoms with Gasteiger partial charge in [0.05, 0.1) is 25.1 Å². The van der Waals surface area contributed by atoms with Crippen LogP contribution >= 0.6 is 12.2 Å². The Morgan fingerprint density at radius 2 is 2.00 bits per heavy atom. The van der Waals surface area contributed by atoms with Crippen molar-refractivity contribution in [3.63, 3.8) is 0 Å². The molecule has 1 amide bonds. The summed E-state index contributed by atoms with van der Waals surface area (Å²) < 4.78 is 30.3. The number of thiocarbonyl (C=S) groups is 1. The molecule has 9 heteroatoms. The van der Waals surface area contributed by atoms with Crippen molar-refractivity contribution in [1.29, 1.82) is 0 Å². The number of ether oxygens (including phenoxy) is 3. The van der Waals surface area contributed by atoms with Crippen molar-refractivity contribution in [1.82, 2.24) is 0 Å². The number of hydrogen-bond donors (Lipinski definition) is 2. The molecule has 0 spiro atoms. The average Bonchev–Trinajstić information content (AvgIpc) is 2.98. The van der Waals surface area contributed by atoms with E-state index in [-0.39, 0.29) is 18.0 Å². The lowest BCUT2D eigenvalue weighted by Crippen LogP contribution is -2.35. The first-order valence-electron chi connectivity index (χ1n) is 11.6. The number of carbonyl (C=O) groups is 1. The highest BCUT2D eigenvalue weighted by Gasteiger charge is 2.25. The molecule has 2 heterocycles. The van der Waals surface area contributed by atoms with Crippen LogP contribution in [0.15, 0.2) is 36.4 Å². The molecular weight excluding hydrogens is 457 g/mol. The Morgan fingerprint density at radius 3 is 2.74 bits per heavy atom. The van der Waals surface area contributed by atoms with E-state index in [0.717, 1.165) is 50.0 Å². The van der Waals surface area contributed by atoms with Gasteiger partial charge in [-0.3, -0.25) is 4.79 Å². The molecule has 34 heavy (non-hydrogen) atoms. The van der Waals surface area contributed by atoms with Crippen LogP contribution in [0.5, 0.6) is 5.75 Å². The first kappa shape index (κ1) is 24.4. The molecule has 0 saturated carbocycles. The maximum atomic E-state index is 13.2. The minimum absolute atomic E-state index is 0.0724. The van der Waals surface area contributed by atoms with E-state index in [0.29, 0.717) is 41.8 Å². The fourth-order valence-electron chi connectivity index (χ4n) is 4.21. The monoisotopic (exact) mass is 487 g/mol. The molecule has 4 rings (SSSR count). The predicted octanol–water partition coefficient (Wildman–Crippen LogP) is 4.86. The molecule has 0 radical (unpaired) electrons. The fraction of sp³-hybridized carbons (Fsp3) is 0.440. The number of amides is 1. The Labute approximate surface area is 204 Å². The van der Waals surface area contributed by atoms with Crippen LogP contribution in [-0.4, -0.2) is 44.2 Å². The summed E-state index contributed by atoms with van der Waals surface area (Å²) in [5.41, 5.74) is 3.23. The summed E-state index contributed by atoms with van der Waals surface area (Å²) in [6.07, 6.45) is 4.87. The molecule has 0 bridgehead atoms. The lowest BCUT2D eigenvalue weighted by atomic mass is 10.1. The van der Waals surface area contributed by atoms with Crippen LogP contribution in [-0.2, 0) is 20.7 Å². The number of carbonyl (C=O) groups excluding carboxylic acids is 1. The normalized spacial score (nSPS) is 18.1. The van der Waals surface area contributed by atoms with Crippen molar-refractivity contribution in [3.8, 4) is 5.75 Å². The van der Waals surface area contributed by atoms with Gasteiger partial charge in [0, 0.05) is 31.3 Å². The molecule has 2 aliphatic rings. The number of rotatable bonds is 7. The van der Waals surface area contributed by atoms with E-state index in [9.17, 15) is 9.18 Å². The second kappa shape index (κ2) is 11.6. The van der Waals surface area contributed by atoms with Gasteiger partial charge in [-0.1, -0.05) is 0 Å². The predicted molar refractivity (Wildman–Crippen MR) is 134 cm³/mol. The van der Waals surface area contributed by atoms with Crippen LogP contribution in [0.25, 0.3) is 0 Å². The van der Waals surface area contributed by atoms with Crippen LogP contribution in [0, 0.1) is 5.82 Å². The Morgan fingerprint density at radius 1 is 1.18 bits per heavy atom. The van der Waals surface area contributed by atoms with Gasteiger partial charge in [-0.2, -0.15) is 0 Å². The molecule has 2 aliphatic heterocycles. The van der Waals surface area contributed by atoms with Crippen molar-refractivity contribution in [2.75, 3.05) is 42.4 Å². The van der Waals surface area contributed by atoms with Crippen LogP contribution in [0.1, 0.15) is 37.7 Å². The van der Waals surface area contributed by atoms with Crippen molar-refractivity contribution in [2.45, 2.75) is 44.8 Å². The van der Waals surface area contributed by atoms with Crippen LogP contribution < -0.4 is 20.3 Å². The Bertz CT molecular complexity index is 1010. The summed E-state index contributed by atoms with van der Waals surface area (Å²) in [6, 6.07) is 9.80. The van der Waals surface area contributed by atoms with Gasteiger partial charge in [0.15, 0.2) is 11.4 Å². The largest absolute Gasteiger partial charge is 0.494 e. The molecule has 2 aromatic rings. The van der Waals surface area contributed by atoms with E-state index in [4.69, 9.17) is 26.4 Å². The Balaban J connectivity index is 1.48. The number of aryl methyl sites for hydroxylation is 1. The smallest absolute Gasteiger partial charge is 0.227 e. The molecule has 1 atom stereocenters. The highest BCUT2D eigenvalue weighted by Crippen LogP contribution is 2.36. The quantitative estimate of drug-likeness (QED) is 0.541. The number of halogens is 1. The summed E-state index contributed by atoms with van der Waals surface area (Å²) >= 11 is 5.44. The SMILES string of the molecule is COc1cc2c(cc1NC(=S)Nc1ccc(F)cc1)CCCC(=O)N2CCOC1CCCCO1. The third-order valence-corrected chi connectivity index (χ3v) is 6.14. The number of hydrogen-bond acceptors (Lipinski definition) is 5. The molecule has 7 nitrogen and oxygen atoms in total. The first-order valence-corrected chi connectivity index (χ1v) is 12.0. The number of methoxy groups -OCH3 is 1. The number of benzene rings is 2. The number of nitrogens with one attached hydrogen (secondary N) is 2. The van der Waals surface area contributed by atoms with Gasteiger partial charge in [-0.05, 0) is 80.2 Å². The summed E-state index contributed by atoms with van der Waals surface area (Å²) in [5.74, 6) is 0.328. The lowest BCUT2D eigenvalue weighted by Gasteiger charge is -2.27. The Hall–Kier alpha value is -2.75. The summed E-state index contributed by atoms with van der Waals surface area (Å²) in [7, 11) is 1.58. The third-order valence-electron chi connectivity index (χ3n) is 5.94. The van der Waals surface area contributed by atoms with Gasteiger partial charge in [0.25, 0.3) is 0 Å². The minimum atomic E-state index is -0.312. The maximum absolute atomic E-state index is 13.2. The van der Waals surface area contributed by atoms with E-state index in [1.54, 1.807) is 24.1 Å². The molecule has 1 saturated heterocycles. The van der Waals surface area contributed by atoms with E-state index >= 15 is 0 Å². The highest BCUT2D eigenvalue weighted by atomic mass is 32.1. The van der Waals surface area contributed by atoms with E-state index in [2.05, 4.69) is 10.6 Å². The van der Waals surface area contributed by atoms with Gasteiger partial charge < -0.3 is 29.7 Å². The van der Waals surface area contributed by atoms with Crippen LogP contribution in [0.2, 0.25) is 0 Å². The fourth-order valence-corrected chi connectivity index (χ4v) is 4.44. The topological polar surface area (TPSA) is 72.1 Å². The highest BCUT2D eigenvalue weighted by molar-refractivity contribution is 7.80. The average molecular weight is 488 g/mol. The summed E-state index contributed by atoms with van der Waals surface area (Å²) in [5, 5.41) is 6.56. The van der Waals surface area contributed by atoms with Gasteiger partial charge in [0.1, 0.15) is 11.6 Å². The maximum Gasteiger partial charge on any atom is 0.227 e. The zero-order valence-electron chi connectivity index (χ0n) is 19.3. The van der Waals surface area contributed by atoms with Gasteiger partial charge in [0.2, 0.25) is 5.91 Å². The third kappa shape index (κ3) is 6.22. The van der Waals surface area contributed by atoms with Crippen molar-refractivity contribution >= 4 is 40.3 Å².